The van der Waals surface area contributed by atoms with E-state index in [1.54, 1.807) is 17.0 Å². The Morgan fingerprint density at radius 3 is 2.70 bits per heavy atom. The van der Waals surface area contributed by atoms with Gasteiger partial charge in [-0.25, -0.2) is 0 Å². The molecule has 0 spiro atoms. The van der Waals surface area contributed by atoms with E-state index in [1.807, 2.05) is 0 Å². The average molecular weight is 324 g/mol. The fourth-order valence-electron chi connectivity index (χ4n) is 2.23. The van der Waals surface area contributed by atoms with Crippen LogP contribution < -0.4 is 10.1 Å². The highest BCUT2D eigenvalue weighted by Gasteiger charge is 2.16. The van der Waals surface area contributed by atoms with Gasteiger partial charge in [-0.1, -0.05) is 0 Å². The van der Waals surface area contributed by atoms with Gasteiger partial charge in [0.2, 0.25) is 5.91 Å². The lowest BCUT2D eigenvalue weighted by atomic mass is 10.3. The summed E-state index contributed by atoms with van der Waals surface area (Å²) in [5.74, 6) is 0.865. The number of aliphatic hydroxyl groups is 1. The van der Waals surface area contributed by atoms with Gasteiger partial charge < -0.3 is 29.9 Å². The van der Waals surface area contributed by atoms with E-state index in [-0.39, 0.29) is 18.3 Å². The van der Waals surface area contributed by atoms with Crippen LogP contribution in [-0.2, 0) is 9.53 Å². The van der Waals surface area contributed by atoms with E-state index in [2.05, 4.69) is 5.32 Å². The third-order valence-corrected chi connectivity index (χ3v) is 3.54. The highest BCUT2D eigenvalue weighted by Crippen LogP contribution is 2.15. The molecule has 1 aromatic rings. The molecule has 3 N–H and O–H groups in total. The molecule has 1 aliphatic rings. The molecule has 1 saturated heterocycles. The molecule has 23 heavy (non-hydrogen) atoms. The molecule has 0 aromatic heterocycles. The van der Waals surface area contributed by atoms with Gasteiger partial charge in [-0.3, -0.25) is 4.79 Å². The van der Waals surface area contributed by atoms with E-state index >= 15 is 0 Å². The SMILES string of the molecule is O=C(CCNC[C@H](O)COc1ccc(O)cc1)N1CCOCC1. The first kappa shape index (κ1) is 17.5. The minimum atomic E-state index is -0.665. The summed E-state index contributed by atoms with van der Waals surface area (Å²) in [5, 5.41) is 22.0. The van der Waals surface area contributed by atoms with Crippen LogP contribution in [0.5, 0.6) is 11.5 Å². The molecule has 0 bridgehead atoms. The third kappa shape index (κ3) is 6.43. The maximum Gasteiger partial charge on any atom is 0.224 e. The van der Waals surface area contributed by atoms with Crippen molar-refractivity contribution in [2.45, 2.75) is 12.5 Å². The number of phenolic OH excluding ortho intramolecular Hbond substituents is 1. The molecule has 7 heteroatoms. The van der Waals surface area contributed by atoms with Crippen LogP contribution in [0.25, 0.3) is 0 Å². The van der Waals surface area contributed by atoms with Gasteiger partial charge in [-0.2, -0.15) is 0 Å². The first-order valence-electron chi connectivity index (χ1n) is 7.81. The number of nitrogens with zero attached hydrogens (tertiary/aromatic N) is 1. The van der Waals surface area contributed by atoms with Crippen LogP contribution in [-0.4, -0.2) is 73.1 Å². The first-order valence-corrected chi connectivity index (χ1v) is 7.81. The first-order chi connectivity index (χ1) is 11.1. The number of rotatable bonds is 8. The normalized spacial score (nSPS) is 16.1. The van der Waals surface area contributed by atoms with Gasteiger partial charge in [0.05, 0.1) is 13.2 Å². The molecule has 0 saturated carbocycles. The molecule has 0 radical (unpaired) electrons. The largest absolute Gasteiger partial charge is 0.508 e. The topological polar surface area (TPSA) is 91.3 Å². The lowest BCUT2D eigenvalue weighted by molar-refractivity contribution is -0.135. The molecule has 1 fully saturated rings. The predicted molar refractivity (Wildman–Crippen MR) is 84.5 cm³/mol. The number of benzene rings is 1. The maximum absolute atomic E-state index is 11.9. The van der Waals surface area contributed by atoms with E-state index < -0.39 is 6.10 Å². The number of amides is 1. The third-order valence-electron chi connectivity index (χ3n) is 3.54. The molecule has 7 nitrogen and oxygen atoms in total. The van der Waals surface area contributed by atoms with E-state index in [9.17, 15) is 9.90 Å². The number of ether oxygens (including phenoxy) is 2. The molecular weight excluding hydrogens is 300 g/mol. The second-order valence-electron chi connectivity index (χ2n) is 5.41. The zero-order chi connectivity index (χ0) is 16.5. The lowest BCUT2D eigenvalue weighted by Crippen LogP contribution is -2.42. The number of hydrogen-bond donors (Lipinski definition) is 3. The van der Waals surface area contributed by atoms with E-state index in [4.69, 9.17) is 14.6 Å². The molecule has 0 unspecified atom stereocenters. The number of morpholine rings is 1. The molecule has 1 amide bonds. The van der Waals surface area contributed by atoms with E-state index in [0.29, 0.717) is 51.6 Å². The summed E-state index contributed by atoms with van der Waals surface area (Å²) in [7, 11) is 0. The summed E-state index contributed by atoms with van der Waals surface area (Å²) in [6, 6.07) is 6.32. The number of nitrogens with one attached hydrogen (secondary N) is 1. The molecule has 1 heterocycles. The van der Waals surface area contributed by atoms with Gasteiger partial charge in [0.25, 0.3) is 0 Å². The zero-order valence-corrected chi connectivity index (χ0v) is 13.1. The Morgan fingerprint density at radius 2 is 2.00 bits per heavy atom. The molecular formula is C16H24N2O5. The van der Waals surface area contributed by atoms with Crippen molar-refractivity contribution < 1.29 is 24.5 Å². The van der Waals surface area contributed by atoms with Crippen molar-refractivity contribution in [2.24, 2.45) is 0 Å². The summed E-state index contributed by atoms with van der Waals surface area (Å²) in [5.41, 5.74) is 0. The summed E-state index contributed by atoms with van der Waals surface area (Å²) in [6.45, 7) is 3.54. The van der Waals surface area contributed by atoms with Crippen LogP contribution >= 0.6 is 0 Å². The number of carbonyl (C=O) groups is 1. The van der Waals surface area contributed by atoms with Crippen LogP contribution in [0.1, 0.15) is 6.42 Å². The van der Waals surface area contributed by atoms with Crippen LogP contribution in [0, 0.1) is 0 Å². The molecule has 1 aromatic carbocycles. The smallest absolute Gasteiger partial charge is 0.224 e. The molecule has 1 atom stereocenters. The van der Waals surface area contributed by atoms with Crippen molar-refractivity contribution in [3.63, 3.8) is 0 Å². The van der Waals surface area contributed by atoms with Gasteiger partial charge >= 0.3 is 0 Å². The monoisotopic (exact) mass is 324 g/mol. The van der Waals surface area contributed by atoms with Crippen molar-refractivity contribution in [1.29, 1.82) is 0 Å². The van der Waals surface area contributed by atoms with Crippen molar-refractivity contribution >= 4 is 5.91 Å². The Bertz CT molecular complexity index is 474. The summed E-state index contributed by atoms with van der Waals surface area (Å²) in [4.78, 5) is 13.7. The lowest BCUT2D eigenvalue weighted by Gasteiger charge is -2.27. The highest BCUT2D eigenvalue weighted by atomic mass is 16.5. The molecule has 2 rings (SSSR count). The second-order valence-corrected chi connectivity index (χ2v) is 5.41. The summed E-state index contributed by atoms with van der Waals surface area (Å²) >= 11 is 0. The summed E-state index contributed by atoms with van der Waals surface area (Å²) in [6.07, 6.45) is -0.256. The van der Waals surface area contributed by atoms with E-state index in [1.165, 1.54) is 12.1 Å². The minimum absolute atomic E-state index is 0.107. The number of phenols is 1. The Labute approximate surface area is 135 Å². The Morgan fingerprint density at radius 1 is 1.30 bits per heavy atom. The molecule has 1 aliphatic heterocycles. The van der Waals surface area contributed by atoms with Gasteiger partial charge in [0.15, 0.2) is 0 Å². The fraction of sp³-hybridized carbons (Fsp3) is 0.562. The van der Waals surface area contributed by atoms with Crippen molar-refractivity contribution in [3.8, 4) is 11.5 Å². The second kappa shape index (κ2) is 9.34. The van der Waals surface area contributed by atoms with Gasteiger partial charge in [-0.15, -0.1) is 0 Å². The van der Waals surface area contributed by atoms with Crippen LogP contribution in [0.2, 0.25) is 0 Å². The number of hydrogen-bond acceptors (Lipinski definition) is 6. The van der Waals surface area contributed by atoms with Crippen molar-refractivity contribution in [3.05, 3.63) is 24.3 Å². The molecule has 0 aliphatic carbocycles. The van der Waals surface area contributed by atoms with Gasteiger partial charge in [0.1, 0.15) is 24.2 Å². The Balaban J connectivity index is 1.54. The van der Waals surface area contributed by atoms with Crippen molar-refractivity contribution in [1.82, 2.24) is 10.2 Å². The predicted octanol–water partition coefficient (Wildman–Crippen LogP) is -0.0296. The van der Waals surface area contributed by atoms with Gasteiger partial charge in [-0.05, 0) is 24.3 Å². The Hall–Kier alpha value is -1.83. The standard InChI is InChI=1S/C16H24N2O5/c19-13-1-3-15(4-2-13)23-12-14(20)11-17-6-5-16(21)18-7-9-22-10-8-18/h1-4,14,17,19-20H,5-12H2/t14-/m0/s1. The van der Waals surface area contributed by atoms with Crippen LogP contribution in [0.4, 0.5) is 0 Å². The van der Waals surface area contributed by atoms with Crippen molar-refractivity contribution in [2.75, 3.05) is 46.0 Å². The van der Waals surface area contributed by atoms with E-state index in [0.717, 1.165) is 0 Å². The number of aromatic hydroxyl groups is 1. The summed E-state index contributed by atoms with van der Waals surface area (Å²) < 4.78 is 10.6. The minimum Gasteiger partial charge on any atom is -0.508 e. The fourth-order valence-corrected chi connectivity index (χ4v) is 2.23. The van der Waals surface area contributed by atoms with Crippen LogP contribution in [0.15, 0.2) is 24.3 Å². The number of carbonyl (C=O) groups excluding carboxylic acids is 1. The maximum atomic E-state index is 11.9. The quantitative estimate of drug-likeness (QED) is 0.582. The van der Waals surface area contributed by atoms with Crippen LogP contribution in [0.3, 0.4) is 0 Å². The highest BCUT2D eigenvalue weighted by molar-refractivity contribution is 5.76. The molecule has 128 valence electrons. The zero-order valence-electron chi connectivity index (χ0n) is 13.1. The number of aliphatic hydroxyl groups excluding tert-OH is 1. The van der Waals surface area contributed by atoms with Gasteiger partial charge in [0, 0.05) is 32.6 Å². The Kier molecular flexibility index (Phi) is 7.12. The average Bonchev–Trinajstić information content (AvgIpc) is 2.59.